The van der Waals surface area contributed by atoms with Crippen molar-refractivity contribution in [1.82, 2.24) is 5.32 Å². The van der Waals surface area contributed by atoms with Crippen molar-refractivity contribution in [2.24, 2.45) is 0 Å². The number of piperazine rings is 1. The van der Waals surface area contributed by atoms with Crippen molar-refractivity contribution in [3.8, 4) is 0 Å². The third kappa shape index (κ3) is 2.61. The Morgan fingerprint density at radius 3 is 2.50 bits per heavy atom. The molecule has 0 aliphatic carbocycles. The molecule has 0 radical (unpaired) electrons. The van der Waals surface area contributed by atoms with Gasteiger partial charge in [0, 0.05) is 31.2 Å². The van der Waals surface area contributed by atoms with Crippen LogP contribution in [-0.4, -0.2) is 30.1 Å². The number of hydrogen-bond acceptors (Lipinski definition) is 4. The van der Waals surface area contributed by atoms with Crippen molar-refractivity contribution in [3.05, 3.63) is 33.9 Å². The first-order valence-electron chi connectivity index (χ1n) is 6.23. The van der Waals surface area contributed by atoms with Gasteiger partial charge in [-0.2, -0.15) is 0 Å². The van der Waals surface area contributed by atoms with Crippen molar-refractivity contribution in [1.29, 1.82) is 0 Å². The van der Waals surface area contributed by atoms with Crippen LogP contribution in [0.2, 0.25) is 0 Å². The van der Waals surface area contributed by atoms with Gasteiger partial charge in [0.05, 0.1) is 4.92 Å². The van der Waals surface area contributed by atoms with Gasteiger partial charge in [-0.1, -0.05) is 6.07 Å². The molecule has 0 spiro atoms. The van der Waals surface area contributed by atoms with Crippen LogP contribution in [-0.2, 0) is 0 Å². The van der Waals surface area contributed by atoms with Crippen LogP contribution >= 0.6 is 0 Å². The van der Waals surface area contributed by atoms with Gasteiger partial charge in [0.15, 0.2) is 0 Å². The van der Waals surface area contributed by atoms with Crippen LogP contribution in [0, 0.1) is 17.0 Å². The molecule has 2 rings (SSSR count). The van der Waals surface area contributed by atoms with Gasteiger partial charge in [-0.05, 0) is 32.4 Å². The van der Waals surface area contributed by atoms with E-state index in [9.17, 15) is 10.1 Å². The van der Waals surface area contributed by atoms with E-state index in [1.165, 1.54) is 0 Å². The zero-order valence-electron chi connectivity index (χ0n) is 11.0. The third-order valence-corrected chi connectivity index (χ3v) is 3.23. The minimum atomic E-state index is -0.299. The molecule has 0 amide bonds. The van der Waals surface area contributed by atoms with Crippen molar-refractivity contribution in [2.75, 3.05) is 18.0 Å². The quantitative estimate of drug-likeness (QED) is 0.644. The summed E-state index contributed by atoms with van der Waals surface area (Å²) in [6, 6.07) is 5.98. The lowest BCUT2D eigenvalue weighted by atomic mass is 10.1. The van der Waals surface area contributed by atoms with E-state index in [0.717, 1.165) is 24.3 Å². The van der Waals surface area contributed by atoms with Gasteiger partial charge in [0.1, 0.15) is 5.69 Å². The van der Waals surface area contributed by atoms with Crippen molar-refractivity contribution in [2.45, 2.75) is 32.9 Å². The lowest BCUT2D eigenvalue weighted by molar-refractivity contribution is -0.384. The number of hydrogen-bond donors (Lipinski definition) is 1. The van der Waals surface area contributed by atoms with Crippen LogP contribution in [0.3, 0.4) is 0 Å². The van der Waals surface area contributed by atoms with E-state index in [4.69, 9.17) is 0 Å². The van der Waals surface area contributed by atoms with E-state index in [1.807, 2.05) is 13.0 Å². The van der Waals surface area contributed by atoms with Crippen molar-refractivity contribution < 1.29 is 4.92 Å². The van der Waals surface area contributed by atoms with Crippen LogP contribution in [0.15, 0.2) is 18.2 Å². The van der Waals surface area contributed by atoms with E-state index in [2.05, 4.69) is 24.1 Å². The molecule has 1 N–H and O–H groups in total. The number of aryl methyl sites for hydroxylation is 1. The number of benzene rings is 1. The van der Waals surface area contributed by atoms with Gasteiger partial charge in [-0.15, -0.1) is 0 Å². The Labute approximate surface area is 107 Å². The Kier molecular flexibility index (Phi) is 3.52. The molecule has 1 aromatic rings. The Morgan fingerprint density at radius 1 is 1.33 bits per heavy atom. The highest BCUT2D eigenvalue weighted by Crippen LogP contribution is 2.30. The SMILES string of the molecule is Cc1ccc([N+](=O)[O-])c(N2CC(C)NC(C)C2)c1. The summed E-state index contributed by atoms with van der Waals surface area (Å²) < 4.78 is 0. The Bertz CT molecular complexity index is 452. The fourth-order valence-corrected chi connectivity index (χ4v) is 2.56. The molecule has 0 bridgehead atoms. The molecule has 0 aromatic heterocycles. The molecule has 18 heavy (non-hydrogen) atoms. The Balaban J connectivity index is 2.36. The van der Waals surface area contributed by atoms with Crippen LogP contribution in [0.4, 0.5) is 11.4 Å². The number of rotatable bonds is 2. The van der Waals surface area contributed by atoms with E-state index in [0.29, 0.717) is 12.1 Å². The predicted molar refractivity (Wildman–Crippen MR) is 72.1 cm³/mol. The average Bonchev–Trinajstić information content (AvgIpc) is 2.27. The average molecular weight is 249 g/mol. The summed E-state index contributed by atoms with van der Waals surface area (Å²) in [5.74, 6) is 0. The maximum Gasteiger partial charge on any atom is 0.292 e. The third-order valence-electron chi connectivity index (χ3n) is 3.23. The van der Waals surface area contributed by atoms with Crippen LogP contribution in [0.25, 0.3) is 0 Å². The summed E-state index contributed by atoms with van der Waals surface area (Å²) in [4.78, 5) is 12.9. The lowest BCUT2D eigenvalue weighted by Crippen LogP contribution is -2.54. The van der Waals surface area contributed by atoms with E-state index < -0.39 is 0 Å². The summed E-state index contributed by atoms with van der Waals surface area (Å²) in [5.41, 5.74) is 1.98. The van der Waals surface area contributed by atoms with Crippen LogP contribution in [0.1, 0.15) is 19.4 Å². The van der Waals surface area contributed by atoms with Gasteiger partial charge < -0.3 is 10.2 Å². The normalized spacial score (nSPS) is 24.1. The number of nitro groups is 1. The summed E-state index contributed by atoms with van der Waals surface area (Å²) in [7, 11) is 0. The highest BCUT2D eigenvalue weighted by molar-refractivity contribution is 5.64. The van der Waals surface area contributed by atoms with Crippen LogP contribution in [0.5, 0.6) is 0 Å². The molecule has 2 atom stereocenters. The first kappa shape index (κ1) is 12.8. The van der Waals surface area contributed by atoms with Crippen molar-refractivity contribution in [3.63, 3.8) is 0 Å². The second kappa shape index (κ2) is 4.94. The molecule has 1 aliphatic heterocycles. The summed E-state index contributed by atoms with van der Waals surface area (Å²) in [5, 5.41) is 14.5. The van der Waals surface area contributed by atoms with Crippen LogP contribution < -0.4 is 10.2 Å². The van der Waals surface area contributed by atoms with Gasteiger partial charge >= 0.3 is 0 Å². The molecular formula is C13H19N3O2. The molecule has 2 unspecified atom stereocenters. The van der Waals surface area contributed by atoms with Gasteiger partial charge in [0.2, 0.25) is 0 Å². The number of nitro benzene ring substituents is 1. The van der Waals surface area contributed by atoms with Gasteiger partial charge in [-0.3, -0.25) is 10.1 Å². The Hall–Kier alpha value is -1.62. The second-order valence-corrected chi connectivity index (χ2v) is 5.12. The highest BCUT2D eigenvalue weighted by Gasteiger charge is 2.26. The minimum absolute atomic E-state index is 0.196. The molecule has 1 aliphatic rings. The highest BCUT2D eigenvalue weighted by atomic mass is 16.6. The number of nitrogens with one attached hydrogen (secondary N) is 1. The monoisotopic (exact) mass is 249 g/mol. The largest absolute Gasteiger partial charge is 0.363 e. The van der Waals surface area contributed by atoms with E-state index in [-0.39, 0.29) is 10.6 Å². The summed E-state index contributed by atoms with van der Waals surface area (Å²) in [6.07, 6.45) is 0. The number of nitrogens with zero attached hydrogens (tertiary/aromatic N) is 2. The number of anilines is 1. The molecule has 5 nitrogen and oxygen atoms in total. The molecule has 1 saturated heterocycles. The summed E-state index contributed by atoms with van der Waals surface area (Å²) >= 11 is 0. The second-order valence-electron chi connectivity index (χ2n) is 5.12. The molecule has 5 heteroatoms. The fourth-order valence-electron chi connectivity index (χ4n) is 2.56. The zero-order chi connectivity index (χ0) is 13.3. The standard InChI is InChI=1S/C13H19N3O2/c1-9-4-5-12(16(17)18)13(6-9)15-7-10(2)14-11(3)8-15/h4-6,10-11,14H,7-8H2,1-3H3. The molecule has 1 aromatic carbocycles. The summed E-state index contributed by atoms with van der Waals surface area (Å²) in [6.45, 7) is 7.76. The zero-order valence-corrected chi connectivity index (χ0v) is 11.0. The van der Waals surface area contributed by atoms with E-state index in [1.54, 1.807) is 12.1 Å². The predicted octanol–water partition coefficient (Wildman–Crippen LogP) is 2.09. The topological polar surface area (TPSA) is 58.4 Å². The minimum Gasteiger partial charge on any atom is -0.363 e. The molecule has 1 heterocycles. The van der Waals surface area contributed by atoms with Gasteiger partial charge in [0.25, 0.3) is 5.69 Å². The van der Waals surface area contributed by atoms with Crippen molar-refractivity contribution >= 4 is 11.4 Å². The maximum absolute atomic E-state index is 11.1. The lowest BCUT2D eigenvalue weighted by Gasteiger charge is -2.37. The maximum atomic E-state index is 11.1. The molecular weight excluding hydrogens is 230 g/mol. The fraction of sp³-hybridized carbons (Fsp3) is 0.538. The van der Waals surface area contributed by atoms with Gasteiger partial charge in [-0.25, -0.2) is 0 Å². The molecule has 98 valence electrons. The first-order valence-corrected chi connectivity index (χ1v) is 6.23. The Morgan fingerprint density at radius 2 is 1.94 bits per heavy atom. The molecule has 1 fully saturated rings. The molecule has 0 saturated carbocycles. The smallest absolute Gasteiger partial charge is 0.292 e. The van der Waals surface area contributed by atoms with E-state index >= 15 is 0 Å². The first-order chi connectivity index (χ1) is 8.47.